The highest BCUT2D eigenvalue weighted by Crippen LogP contribution is 2.37. The monoisotopic (exact) mass is 483 g/mol. The number of benzene rings is 1. The van der Waals surface area contributed by atoms with Gasteiger partial charge in [0.1, 0.15) is 6.04 Å². The number of hydrogen-bond donors (Lipinski definition) is 5. The SMILES string of the molecule is C[C@@](O)(C(F)F)[C@H](NC(=O)c1ccc(C#CC#CC2CC2CNS(C)(=O)=O)cc1)C(=O)NO. The molecular weight excluding hydrogens is 460 g/mol. The van der Waals surface area contributed by atoms with Crippen molar-refractivity contribution in [2.24, 2.45) is 11.8 Å². The minimum Gasteiger partial charge on any atom is -0.381 e. The molecule has 4 atom stereocenters. The lowest BCUT2D eigenvalue weighted by atomic mass is 9.95. The van der Waals surface area contributed by atoms with E-state index in [4.69, 9.17) is 5.21 Å². The summed E-state index contributed by atoms with van der Waals surface area (Å²) < 4.78 is 50.7. The molecule has 0 saturated heterocycles. The average molecular weight is 483 g/mol. The van der Waals surface area contributed by atoms with Crippen molar-refractivity contribution in [3.63, 3.8) is 0 Å². The molecule has 0 bridgehead atoms. The van der Waals surface area contributed by atoms with Crippen LogP contribution in [0, 0.1) is 35.5 Å². The number of hydrogen-bond acceptors (Lipinski definition) is 6. The lowest BCUT2D eigenvalue weighted by Gasteiger charge is -2.30. The van der Waals surface area contributed by atoms with Crippen molar-refractivity contribution >= 4 is 21.8 Å². The fourth-order valence-electron chi connectivity index (χ4n) is 2.73. The summed E-state index contributed by atoms with van der Waals surface area (Å²) in [5.74, 6) is 8.97. The van der Waals surface area contributed by atoms with E-state index >= 15 is 0 Å². The van der Waals surface area contributed by atoms with Gasteiger partial charge in [-0.3, -0.25) is 14.8 Å². The van der Waals surface area contributed by atoms with E-state index in [1.807, 2.05) is 5.32 Å². The van der Waals surface area contributed by atoms with Crippen molar-refractivity contribution in [2.75, 3.05) is 12.8 Å². The van der Waals surface area contributed by atoms with Gasteiger partial charge in [0.2, 0.25) is 10.0 Å². The molecule has 2 unspecified atom stereocenters. The van der Waals surface area contributed by atoms with Crippen LogP contribution in [0.1, 0.15) is 29.3 Å². The molecule has 0 aromatic heterocycles. The van der Waals surface area contributed by atoms with Crippen molar-refractivity contribution in [3.8, 4) is 23.7 Å². The molecule has 0 radical (unpaired) electrons. The molecule has 5 N–H and O–H groups in total. The van der Waals surface area contributed by atoms with Gasteiger partial charge in [-0.25, -0.2) is 27.4 Å². The lowest BCUT2D eigenvalue weighted by Crippen LogP contribution is -2.61. The normalized spacial score (nSPS) is 19.7. The van der Waals surface area contributed by atoms with E-state index in [1.165, 1.54) is 24.3 Å². The van der Waals surface area contributed by atoms with E-state index in [0.717, 1.165) is 18.2 Å². The van der Waals surface area contributed by atoms with E-state index in [-0.39, 0.29) is 17.4 Å². The lowest BCUT2D eigenvalue weighted by molar-refractivity contribution is -0.149. The van der Waals surface area contributed by atoms with Gasteiger partial charge in [-0.1, -0.05) is 11.8 Å². The second-order valence-corrected chi connectivity index (χ2v) is 9.56. The maximum Gasteiger partial charge on any atom is 0.269 e. The van der Waals surface area contributed by atoms with Gasteiger partial charge >= 0.3 is 0 Å². The Morgan fingerprint density at radius 3 is 2.42 bits per heavy atom. The van der Waals surface area contributed by atoms with E-state index in [0.29, 0.717) is 19.0 Å². The van der Waals surface area contributed by atoms with Gasteiger partial charge in [0, 0.05) is 23.6 Å². The van der Waals surface area contributed by atoms with Crippen LogP contribution < -0.4 is 15.5 Å². The van der Waals surface area contributed by atoms with E-state index in [9.17, 15) is 31.9 Å². The zero-order valence-corrected chi connectivity index (χ0v) is 18.5. The molecule has 1 fully saturated rings. The smallest absolute Gasteiger partial charge is 0.269 e. The number of hydroxylamine groups is 1. The van der Waals surface area contributed by atoms with Crippen LogP contribution in [-0.4, -0.2) is 61.4 Å². The molecule has 1 aliphatic carbocycles. The molecule has 178 valence electrons. The highest BCUT2D eigenvalue weighted by molar-refractivity contribution is 7.88. The topological polar surface area (TPSA) is 145 Å². The summed E-state index contributed by atoms with van der Waals surface area (Å²) in [6.45, 7) is 0.992. The molecule has 0 heterocycles. The average Bonchev–Trinajstić information content (AvgIpc) is 3.51. The Morgan fingerprint density at radius 1 is 1.24 bits per heavy atom. The van der Waals surface area contributed by atoms with Crippen molar-refractivity contribution in [1.82, 2.24) is 15.5 Å². The van der Waals surface area contributed by atoms with Crippen molar-refractivity contribution < 1.29 is 37.1 Å². The highest BCUT2D eigenvalue weighted by Gasteiger charge is 2.46. The summed E-state index contributed by atoms with van der Waals surface area (Å²) in [5.41, 5.74) is -1.27. The van der Waals surface area contributed by atoms with Crippen LogP contribution >= 0.6 is 0 Å². The van der Waals surface area contributed by atoms with Gasteiger partial charge in [0.05, 0.1) is 6.26 Å². The summed E-state index contributed by atoms with van der Waals surface area (Å²) in [4.78, 5) is 24.0. The Morgan fingerprint density at radius 2 is 1.88 bits per heavy atom. The van der Waals surface area contributed by atoms with E-state index in [1.54, 1.807) is 0 Å². The number of rotatable bonds is 8. The maximum absolute atomic E-state index is 13.1. The van der Waals surface area contributed by atoms with Gasteiger partial charge in [0.15, 0.2) is 5.60 Å². The van der Waals surface area contributed by atoms with Crippen LogP contribution in [0.5, 0.6) is 0 Å². The first-order chi connectivity index (χ1) is 15.3. The predicted octanol–water partition coefficient (Wildman–Crippen LogP) is -0.153. The molecule has 9 nitrogen and oxygen atoms in total. The zero-order chi connectivity index (χ0) is 24.8. The number of halogens is 2. The summed E-state index contributed by atoms with van der Waals surface area (Å²) in [5, 5.41) is 20.5. The molecule has 1 aliphatic rings. The quantitative estimate of drug-likeness (QED) is 0.198. The minimum atomic E-state index is -3.37. The third-order valence-corrected chi connectivity index (χ3v) is 5.57. The summed E-state index contributed by atoms with van der Waals surface area (Å²) in [7, 11) is -3.23. The third-order valence-electron chi connectivity index (χ3n) is 4.88. The molecule has 12 heteroatoms. The van der Waals surface area contributed by atoms with Crippen molar-refractivity contribution in [1.29, 1.82) is 0 Å². The number of carbonyl (C=O) groups excluding carboxylic acids is 2. The molecule has 2 amide bonds. The molecule has 33 heavy (non-hydrogen) atoms. The Labute approximate surface area is 190 Å². The van der Waals surface area contributed by atoms with Gasteiger partial charge in [-0.15, -0.1) is 0 Å². The van der Waals surface area contributed by atoms with Crippen molar-refractivity contribution in [2.45, 2.75) is 31.4 Å². The minimum absolute atomic E-state index is 0.00615. The van der Waals surface area contributed by atoms with Crippen LogP contribution in [0.4, 0.5) is 8.78 Å². The van der Waals surface area contributed by atoms with E-state index < -0.39 is 39.9 Å². The predicted molar refractivity (Wildman–Crippen MR) is 113 cm³/mol. The van der Waals surface area contributed by atoms with Gasteiger partial charge in [-0.05, 0) is 55.4 Å². The van der Waals surface area contributed by atoms with Crippen LogP contribution in [-0.2, 0) is 14.8 Å². The summed E-state index contributed by atoms with van der Waals surface area (Å²) >= 11 is 0. The first-order valence-corrected chi connectivity index (χ1v) is 11.6. The number of aliphatic hydroxyl groups is 1. The molecule has 1 aromatic rings. The molecule has 0 spiro atoms. The number of sulfonamides is 1. The third kappa shape index (κ3) is 7.80. The second kappa shape index (κ2) is 10.7. The highest BCUT2D eigenvalue weighted by atomic mass is 32.2. The van der Waals surface area contributed by atoms with Gasteiger partial charge < -0.3 is 10.4 Å². The second-order valence-electron chi connectivity index (χ2n) is 7.73. The number of amides is 2. The fraction of sp³-hybridized carbons (Fsp3) is 0.429. The largest absolute Gasteiger partial charge is 0.381 e. The standard InChI is InChI=1S/C21H23F2N3O6S/c1-21(29,20(22)23)17(19(28)26-30)25-18(27)14-9-7-13(8-10-14)5-3-4-6-15-11-16(15)12-24-33(2,31)32/h7-10,15-17,20,24,29-30H,11-12H2,1-2H3,(H,25,27)(H,26,28)/t15?,16?,17-,21+/m1/s1. The van der Waals surface area contributed by atoms with Crippen LogP contribution in [0.3, 0.4) is 0 Å². The maximum atomic E-state index is 13.1. The number of carbonyl (C=O) groups is 2. The fourth-order valence-corrected chi connectivity index (χ4v) is 3.24. The first-order valence-electron chi connectivity index (χ1n) is 9.66. The first kappa shape index (κ1) is 26.2. The molecule has 1 saturated carbocycles. The van der Waals surface area contributed by atoms with Gasteiger partial charge in [-0.2, -0.15) is 0 Å². The molecule has 1 aromatic carbocycles. The van der Waals surface area contributed by atoms with Crippen LogP contribution in [0.25, 0.3) is 0 Å². The Balaban J connectivity index is 1.97. The molecular formula is C21H23F2N3O6S. The molecule has 0 aliphatic heterocycles. The zero-order valence-electron chi connectivity index (χ0n) is 17.7. The summed E-state index contributed by atoms with van der Waals surface area (Å²) in [6, 6.07) is 3.53. The Hall–Kier alpha value is -3.03. The summed E-state index contributed by atoms with van der Waals surface area (Å²) in [6.07, 6.45) is -1.50. The number of nitrogens with one attached hydrogen (secondary N) is 3. The van der Waals surface area contributed by atoms with Gasteiger partial charge in [0.25, 0.3) is 18.2 Å². The Bertz CT molecular complexity index is 1110. The van der Waals surface area contributed by atoms with E-state index in [2.05, 4.69) is 28.4 Å². The van der Waals surface area contributed by atoms with Crippen LogP contribution in [0.2, 0.25) is 0 Å². The Kier molecular flexibility index (Phi) is 8.52. The number of alkyl halides is 2. The molecule has 2 rings (SSSR count). The van der Waals surface area contributed by atoms with Crippen LogP contribution in [0.15, 0.2) is 24.3 Å². The van der Waals surface area contributed by atoms with Crippen molar-refractivity contribution in [3.05, 3.63) is 35.4 Å².